The summed E-state index contributed by atoms with van der Waals surface area (Å²) < 4.78 is 5.36. The number of nitrogens with two attached hydrogens (primary N) is 1. The lowest BCUT2D eigenvalue weighted by atomic mass is 10.1. The van der Waals surface area contributed by atoms with Crippen molar-refractivity contribution in [1.82, 2.24) is 9.97 Å². The first-order chi connectivity index (χ1) is 8.33. The Kier molecular flexibility index (Phi) is 4.14. The third-order valence-electron chi connectivity index (χ3n) is 3.08. The van der Waals surface area contributed by atoms with Crippen LogP contribution in [0.4, 0.5) is 5.82 Å². The summed E-state index contributed by atoms with van der Waals surface area (Å²) in [4.78, 5) is 10.9. The molecule has 0 amide bonds. The molecule has 2 N–H and O–H groups in total. The highest BCUT2D eigenvalue weighted by Gasteiger charge is 2.23. The standard InChI is InChI=1S/C12H20N4O/c1-2-17-12-8-14-7-11(15-12)16-6-4-10(9-16)3-5-13/h7-8,10H,2-6,9,13H2,1H3. The molecular formula is C12H20N4O. The molecule has 94 valence electrons. The van der Waals surface area contributed by atoms with Crippen molar-refractivity contribution in [3.63, 3.8) is 0 Å². The van der Waals surface area contributed by atoms with Crippen LogP contribution in [0.25, 0.3) is 0 Å². The Labute approximate surface area is 102 Å². The number of hydrogen-bond acceptors (Lipinski definition) is 5. The smallest absolute Gasteiger partial charge is 0.234 e. The highest BCUT2D eigenvalue weighted by atomic mass is 16.5. The van der Waals surface area contributed by atoms with Gasteiger partial charge in [0.15, 0.2) is 5.82 Å². The lowest BCUT2D eigenvalue weighted by Gasteiger charge is -2.17. The van der Waals surface area contributed by atoms with Crippen molar-refractivity contribution in [1.29, 1.82) is 0 Å². The minimum atomic E-state index is 0.604. The minimum absolute atomic E-state index is 0.604. The van der Waals surface area contributed by atoms with Crippen molar-refractivity contribution in [3.05, 3.63) is 12.4 Å². The molecule has 1 aromatic heterocycles. The van der Waals surface area contributed by atoms with Crippen molar-refractivity contribution in [2.24, 2.45) is 11.7 Å². The van der Waals surface area contributed by atoms with Crippen LogP contribution in [-0.4, -0.2) is 36.2 Å². The van der Waals surface area contributed by atoms with Gasteiger partial charge in [-0.25, -0.2) is 0 Å². The van der Waals surface area contributed by atoms with Crippen molar-refractivity contribution < 1.29 is 4.74 Å². The van der Waals surface area contributed by atoms with E-state index in [2.05, 4.69) is 14.9 Å². The minimum Gasteiger partial charge on any atom is -0.477 e. The molecule has 1 fully saturated rings. The van der Waals surface area contributed by atoms with Crippen LogP contribution in [-0.2, 0) is 0 Å². The molecule has 0 saturated carbocycles. The van der Waals surface area contributed by atoms with Gasteiger partial charge in [0.05, 0.1) is 19.0 Å². The number of nitrogens with zero attached hydrogens (tertiary/aromatic N) is 3. The summed E-state index contributed by atoms with van der Waals surface area (Å²) in [7, 11) is 0. The summed E-state index contributed by atoms with van der Waals surface area (Å²) in [6, 6.07) is 0. The van der Waals surface area contributed by atoms with Crippen LogP contribution >= 0.6 is 0 Å². The lowest BCUT2D eigenvalue weighted by molar-refractivity contribution is 0.325. The van der Waals surface area contributed by atoms with Crippen LogP contribution in [0.2, 0.25) is 0 Å². The van der Waals surface area contributed by atoms with E-state index in [1.54, 1.807) is 12.4 Å². The summed E-state index contributed by atoms with van der Waals surface area (Å²) >= 11 is 0. The van der Waals surface area contributed by atoms with Gasteiger partial charge in [-0.15, -0.1) is 0 Å². The molecule has 17 heavy (non-hydrogen) atoms. The van der Waals surface area contributed by atoms with E-state index in [9.17, 15) is 0 Å². The molecule has 1 unspecified atom stereocenters. The fraction of sp³-hybridized carbons (Fsp3) is 0.667. The second kappa shape index (κ2) is 5.82. The van der Waals surface area contributed by atoms with Crippen LogP contribution in [0, 0.1) is 5.92 Å². The summed E-state index contributed by atoms with van der Waals surface area (Å²) in [5, 5.41) is 0. The molecule has 0 bridgehead atoms. The second-order valence-electron chi connectivity index (χ2n) is 4.33. The van der Waals surface area contributed by atoms with E-state index in [-0.39, 0.29) is 0 Å². The molecule has 5 nitrogen and oxygen atoms in total. The summed E-state index contributed by atoms with van der Waals surface area (Å²) in [6.07, 6.45) is 5.74. The van der Waals surface area contributed by atoms with Crippen molar-refractivity contribution >= 4 is 5.82 Å². The average Bonchev–Trinajstić information content (AvgIpc) is 2.79. The van der Waals surface area contributed by atoms with Gasteiger partial charge >= 0.3 is 0 Å². The van der Waals surface area contributed by atoms with Gasteiger partial charge in [-0.3, -0.25) is 4.98 Å². The van der Waals surface area contributed by atoms with Gasteiger partial charge in [-0.05, 0) is 32.2 Å². The first-order valence-electron chi connectivity index (χ1n) is 6.23. The first-order valence-corrected chi connectivity index (χ1v) is 6.23. The summed E-state index contributed by atoms with van der Waals surface area (Å²) in [5.74, 6) is 2.21. The van der Waals surface area contributed by atoms with E-state index in [0.29, 0.717) is 18.4 Å². The molecule has 1 saturated heterocycles. The fourth-order valence-corrected chi connectivity index (χ4v) is 2.22. The SMILES string of the molecule is CCOc1cncc(N2CCC(CCN)C2)n1. The molecule has 0 aliphatic carbocycles. The Morgan fingerprint density at radius 3 is 3.18 bits per heavy atom. The molecule has 2 rings (SSSR count). The quantitative estimate of drug-likeness (QED) is 0.828. The Hall–Kier alpha value is -1.36. The van der Waals surface area contributed by atoms with E-state index >= 15 is 0 Å². The summed E-state index contributed by atoms with van der Waals surface area (Å²) in [5.41, 5.74) is 5.59. The normalized spacial score (nSPS) is 19.6. The molecule has 0 radical (unpaired) electrons. The maximum atomic E-state index is 5.59. The van der Waals surface area contributed by atoms with E-state index in [1.165, 1.54) is 6.42 Å². The number of anilines is 1. The lowest BCUT2D eigenvalue weighted by Crippen LogP contribution is -2.21. The van der Waals surface area contributed by atoms with Gasteiger partial charge in [-0.2, -0.15) is 4.98 Å². The average molecular weight is 236 g/mol. The fourth-order valence-electron chi connectivity index (χ4n) is 2.22. The predicted molar refractivity (Wildman–Crippen MR) is 67.2 cm³/mol. The predicted octanol–water partition coefficient (Wildman–Crippen LogP) is 1.05. The van der Waals surface area contributed by atoms with Crippen LogP contribution in [0.5, 0.6) is 5.88 Å². The highest BCUT2D eigenvalue weighted by Crippen LogP contribution is 2.24. The Balaban J connectivity index is 2.00. The molecule has 1 aliphatic heterocycles. The van der Waals surface area contributed by atoms with Crippen molar-refractivity contribution in [2.45, 2.75) is 19.8 Å². The van der Waals surface area contributed by atoms with Gasteiger partial charge in [0.1, 0.15) is 0 Å². The molecular weight excluding hydrogens is 216 g/mol. The topological polar surface area (TPSA) is 64.3 Å². The van der Waals surface area contributed by atoms with Crippen LogP contribution in [0.15, 0.2) is 12.4 Å². The molecule has 0 spiro atoms. The third-order valence-corrected chi connectivity index (χ3v) is 3.08. The maximum absolute atomic E-state index is 5.59. The molecule has 2 heterocycles. The van der Waals surface area contributed by atoms with Gasteiger partial charge < -0.3 is 15.4 Å². The highest BCUT2D eigenvalue weighted by molar-refractivity contribution is 5.38. The molecule has 0 aromatic carbocycles. The van der Waals surface area contributed by atoms with Crippen LogP contribution in [0.3, 0.4) is 0 Å². The molecule has 1 atom stereocenters. The Bertz CT molecular complexity index is 358. The number of aromatic nitrogens is 2. The van der Waals surface area contributed by atoms with Gasteiger partial charge in [0.2, 0.25) is 5.88 Å². The monoisotopic (exact) mass is 236 g/mol. The largest absolute Gasteiger partial charge is 0.477 e. The van der Waals surface area contributed by atoms with Crippen LogP contribution < -0.4 is 15.4 Å². The second-order valence-corrected chi connectivity index (χ2v) is 4.33. The number of ether oxygens (including phenoxy) is 1. The zero-order valence-electron chi connectivity index (χ0n) is 10.3. The van der Waals surface area contributed by atoms with E-state index in [0.717, 1.165) is 31.9 Å². The Morgan fingerprint density at radius 2 is 2.41 bits per heavy atom. The van der Waals surface area contributed by atoms with E-state index in [4.69, 9.17) is 10.5 Å². The summed E-state index contributed by atoms with van der Waals surface area (Å²) in [6.45, 7) is 5.40. The first kappa shape index (κ1) is 12.1. The third kappa shape index (κ3) is 3.06. The Morgan fingerprint density at radius 1 is 1.53 bits per heavy atom. The van der Waals surface area contributed by atoms with E-state index in [1.807, 2.05) is 6.92 Å². The molecule has 5 heteroatoms. The number of hydrogen-bond donors (Lipinski definition) is 1. The number of rotatable bonds is 5. The van der Waals surface area contributed by atoms with Crippen LogP contribution in [0.1, 0.15) is 19.8 Å². The zero-order chi connectivity index (χ0) is 12.1. The van der Waals surface area contributed by atoms with Gasteiger partial charge in [0.25, 0.3) is 0 Å². The van der Waals surface area contributed by atoms with E-state index < -0.39 is 0 Å². The van der Waals surface area contributed by atoms with Gasteiger partial charge in [-0.1, -0.05) is 0 Å². The zero-order valence-corrected chi connectivity index (χ0v) is 10.3. The molecule has 1 aromatic rings. The maximum Gasteiger partial charge on any atom is 0.234 e. The van der Waals surface area contributed by atoms with Crippen molar-refractivity contribution in [2.75, 3.05) is 31.1 Å². The van der Waals surface area contributed by atoms with Gasteiger partial charge in [0, 0.05) is 13.1 Å². The van der Waals surface area contributed by atoms with Crippen molar-refractivity contribution in [3.8, 4) is 5.88 Å². The molecule has 1 aliphatic rings.